The molecule has 1 rings (SSSR count). The second-order valence-electron chi connectivity index (χ2n) is 2.31. The summed E-state index contributed by atoms with van der Waals surface area (Å²) in [6, 6.07) is 0. The van der Waals surface area contributed by atoms with E-state index in [0.717, 1.165) is 0 Å². The summed E-state index contributed by atoms with van der Waals surface area (Å²) in [7, 11) is 0. The molecule has 0 saturated carbocycles. The van der Waals surface area contributed by atoms with E-state index in [4.69, 9.17) is 4.74 Å². The highest BCUT2D eigenvalue weighted by molar-refractivity contribution is 7.81. The molecule has 1 nitrogen and oxygen atoms in total. The third-order valence-corrected chi connectivity index (χ3v) is 2.04. The third-order valence-electron chi connectivity index (χ3n) is 1.35. The van der Waals surface area contributed by atoms with Gasteiger partial charge in [0.2, 0.25) is 0 Å². The summed E-state index contributed by atoms with van der Waals surface area (Å²) >= 11 is 3.97. The fraction of sp³-hybridized carbons (Fsp3) is 1.00. The fourth-order valence-electron chi connectivity index (χ4n) is 0.640. The largest absolute Gasteiger partial charge is 0.377 e. The normalized spacial score (nSPS) is 47.6. The molecule has 0 aromatic heterocycles. The number of thiol groups is 1. The van der Waals surface area contributed by atoms with Crippen molar-refractivity contribution in [2.24, 2.45) is 0 Å². The van der Waals surface area contributed by atoms with Gasteiger partial charge in [-0.1, -0.05) is 0 Å². The van der Waals surface area contributed by atoms with Crippen LogP contribution in [0.15, 0.2) is 0 Å². The van der Waals surface area contributed by atoms with Crippen molar-refractivity contribution in [3.05, 3.63) is 0 Å². The van der Waals surface area contributed by atoms with Crippen molar-refractivity contribution in [3.63, 3.8) is 0 Å². The Kier molecular flexibility index (Phi) is 1.50. The van der Waals surface area contributed by atoms with Gasteiger partial charge in [0.05, 0.1) is 18.5 Å². The van der Waals surface area contributed by atoms with Crippen LogP contribution in [0, 0.1) is 0 Å². The quantitative estimate of drug-likeness (QED) is 0.490. The number of halogens is 1. The lowest BCUT2D eigenvalue weighted by atomic mass is 10.1. The van der Waals surface area contributed by atoms with Gasteiger partial charge in [-0.05, 0) is 6.92 Å². The first-order valence-corrected chi connectivity index (χ1v) is 3.09. The maximum absolute atomic E-state index is 12.8. The number of ether oxygens (including phenoxy) is 1. The van der Waals surface area contributed by atoms with Crippen molar-refractivity contribution in [2.75, 3.05) is 13.2 Å². The summed E-state index contributed by atoms with van der Waals surface area (Å²) in [6.45, 7) is 2.15. The van der Waals surface area contributed by atoms with Gasteiger partial charge in [0.15, 0.2) is 0 Å². The molecule has 0 amide bonds. The highest BCUT2D eigenvalue weighted by atomic mass is 32.1. The molecular weight excluding hydrogens is 127 g/mol. The lowest BCUT2D eigenvalue weighted by Gasteiger charge is -2.13. The van der Waals surface area contributed by atoms with Crippen LogP contribution in [0.3, 0.4) is 0 Å². The molecule has 3 heteroatoms. The van der Waals surface area contributed by atoms with Crippen molar-refractivity contribution in [3.8, 4) is 0 Å². The molecule has 0 radical (unpaired) electrons. The van der Waals surface area contributed by atoms with Gasteiger partial charge in [-0.3, -0.25) is 0 Å². The predicted molar refractivity (Wildman–Crippen MR) is 33.1 cm³/mol. The monoisotopic (exact) mass is 136 g/mol. The highest BCUT2D eigenvalue weighted by Gasteiger charge is 2.37. The van der Waals surface area contributed by atoms with E-state index in [1.807, 2.05) is 0 Å². The molecule has 0 N–H and O–H groups in total. The van der Waals surface area contributed by atoms with Crippen LogP contribution in [0.25, 0.3) is 0 Å². The van der Waals surface area contributed by atoms with Crippen molar-refractivity contribution in [2.45, 2.75) is 17.8 Å². The van der Waals surface area contributed by atoms with E-state index >= 15 is 0 Å². The zero-order valence-corrected chi connectivity index (χ0v) is 5.62. The minimum atomic E-state index is -1.21. The van der Waals surface area contributed by atoms with Gasteiger partial charge in [0.1, 0.15) is 5.67 Å². The maximum atomic E-state index is 12.8. The minimum absolute atomic E-state index is 0.196. The van der Waals surface area contributed by atoms with E-state index in [1.54, 1.807) is 0 Å². The van der Waals surface area contributed by atoms with Crippen LogP contribution >= 0.6 is 12.6 Å². The molecule has 1 fully saturated rings. The zero-order chi connectivity index (χ0) is 6.20. The molecule has 2 atom stereocenters. The van der Waals surface area contributed by atoms with Gasteiger partial charge in [0.25, 0.3) is 0 Å². The smallest absolute Gasteiger partial charge is 0.145 e. The molecule has 0 aromatic carbocycles. The molecule has 1 aliphatic heterocycles. The first-order chi connectivity index (χ1) is 3.63. The summed E-state index contributed by atoms with van der Waals surface area (Å²) in [4.78, 5) is 0. The Bertz CT molecular complexity index is 94.4. The molecule has 1 aliphatic rings. The molecule has 0 spiro atoms. The number of hydrogen-bond acceptors (Lipinski definition) is 2. The molecule has 0 aromatic rings. The van der Waals surface area contributed by atoms with Crippen molar-refractivity contribution < 1.29 is 9.13 Å². The average Bonchev–Trinajstić information content (AvgIpc) is 1.86. The van der Waals surface area contributed by atoms with Crippen LogP contribution in [0.1, 0.15) is 6.92 Å². The predicted octanol–water partition coefficient (Wildman–Crippen LogP) is 1.04. The van der Waals surface area contributed by atoms with Gasteiger partial charge in [-0.15, -0.1) is 0 Å². The van der Waals surface area contributed by atoms with Crippen molar-refractivity contribution in [1.82, 2.24) is 0 Å². The first kappa shape index (κ1) is 6.36. The van der Waals surface area contributed by atoms with Crippen LogP contribution in [0.4, 0.5) is 4.39 Å². The summed E-state index contributed by atoms with van der Waals surface area (Å²) in [5.74, 6) is 0. The molecule has 1 heterocycles. The van der Waals surface area contributed by atoms with E-state index in [-0.39, 0.29) is 11.9 Å². The lowest BCUT2D eigenvalue weighted by molar-refractivity contribution is 0.127. The molecule has 2 unspecified atom stereocenters. The second kappa shape index (κ2) is 1.88. The number of hydrogen-bond donors (Lipinski definition) is 1. The zero-order valence-electron chi connectivity index (χ0n) is 4.72. The Morgan fingerprint density at radius 2 is 2.50 bits per heavy atom. The Hall–Kier alpha value is 0.240. The number of alkyl halides is 1. The third kappa shape index (κ3) is 0.977. The SMILES string of the molecule is CC1(F)COCC1S. The minimum Gasteiger partial charge on any atom is -0.377 e. The Morgan fingerprint density at radius 1 is 1.88 bits per heavy atom. The Labute approximate surface area is 53.6 Å². The van der Waals surface area contributed by atoms with Gasteiger partial charge in [0, 0.05) is 0 Å². The van der Waals surface area contributed by atoms with E-state index in [9.17, 15) is 4.39 Å². The Balaban J connectivity index is 2.54. The van der Waals surface area contributed by atoms with Gasteiger partial charge in [-0.25, -0.2) is 4.39 Å². The van der Waals surface area contributed by atoms with Crippen LogP contribution in [0.2, 0.25) is 0 Å². The molecule has 1 saturated heterocycles. The topological polar surface area (TPSA) is 9.23 Å². The average molecular weight is 136 g/mol. The number of rotatable bonds is 0. The summed E-state index contributed by atoms with van der Waals surface area (Å²) in [5.41, 5.74) is -1.21. The summed E-state index contributed by atoms with van der Waals surface area (Å²) in [6.07, 6.45) is 0. The van der Waals surface area contributed by atoms with E-state index in [0.29, 0.717) is 6.61 Å². The molecule has 0 bridgehead atoms. The Morgan fingerprint density at radius 3 is 2.62 bits per heavy atom. The van der Waals surface area contributed by atoms with Crippen molar-refractivity contribution in [1.29, 1.82) is 0 Å². The fourth-order valence-corrected chi connectivity index (χ4v) is 0.820. The van der Waals surface area contributed by atoms with Crippen LogP contribution in [-0.4, -0.2) is 24.1 Å². The van der Waals surface area contributed by atoms with Crippen LogP contribution < -0.4 is 0 Å². The maximum Gasteiger partial charge on any atom is 0.145 e. The summed E-state index contributed by atoms with van der Waals surface area (Å²) < 4.78 is 17.6. The molecule has 8 heavy (non-hydrogen) atoms. The first-order valence-electron chi connectivity index (χ1n) is 2.58. The second-order valence-corrected chi connectivity index (χ2v) is 2.93. The van der Waals surface area contributed by atoms with E-state index in [1.165, 1.54) is 6.92 Å². The standard InChI is InChI=1S/C5H9FOS/c1-5(6)3-7-2-4(5)8/h4,8H,2-3H2,1H3. The molecular formula is C5H9FOS. The van der Waals surface area contributed by atoms with Crippen LogP contribution in [-0.2, 0) is 4.74 Å². The lowest BCUT2D eigenvalue weighted by Crippen LogP contribution is -2.28. The molecule has 48 valence electrons. The molecule has 0 aliphatic carbocycles. The highest BCUT2D eigenvalue weighted by Crippen LogP contribution is 2.26. The van der Waals surface area contributed by atoms with Crippen LogP contribution in [0.5, 0.6) is 0 Å². The van der Waals surface area contributed by atoms with Gasteiger partial charge < -0.3 is 4.74 Å². The van der Waals surface area contributed by atoms with Gasteiger partial charge >= 0.3 is 0 Å². The van der Waals surface area contributed by atoms with Gasteiger partial charge in [-0.2, -0.15) is 12.6 Å². The van der Waals surface area contributed by atoms with Crippen molar-refractivity contribution >= 4 is 12.6 Å². The van der Waals surface area contributed by atoms with E-state index in [2.05, 4.69) is 12.6 Å². The summed E-state index contributed by atoms with van der Waals surface area (Å²) in [5, 5.41) is -0.234. The van der Waals surface area contributed by atoms with E-state index < -0.39 is 5.67 Å².